The van der Waals surface area contributed by atoms with Gasteiger partial charge in [-0.1, -0.05) is 31.2 Å². The number of benzene rings is 2. The van der Waals surface area contributed by atoms with E-state index in [0.29, 0.717) is 11.9 Å². The number of imidazole rings is 1. The van der Waals surface area contributed by atoms with E-state index in [1.54, 1.807) is 18.2 Å². The predicted molar refractivity (Wildman–Crippen MR) is 116 cm³/mol. The first-order chi connectivity index (χ1) is 13.4. The Labute approximate surface area is 176 Å². The maximum atomic E-state index is 14.1. The van der Waals surface area contributed by atoms with E-state index in [9.17, 15) is 12.8 Å². The Morgan fingerprint density at radius 2 is 2.00 bits per heavy atom. The molecular weight excluding hydrogens is 415 g/mol. The van der Waals surface area contributed by atoms with Crippen LogP contribution in [0.4, 0.5) is 4.39 Å². The molecule has 6 nitrogen and oxygen atoms in total. The Morgan fingerprint density at radius 1 is 1.28 bits per heavy atom. The van der Waals surface area contributed by atoms with Crippen molar-refractivity contribution in [1.82, 2.24) is 14.3 Å². The Bertz CT molecular complexity index is 1140. The van der Waals surface area contributed by atoms with E-state index in [1.165, 1.54) is 13.1 Å². The number of fused-ring (bicyclic) bond motifs is 1. The quantitative estimate of drug-likeness (QED) is 0.591. The summed E-state index contributed by atoms with van der Waals surface area (Å²) in [6.45, 7) is 2.16. The third kappa shape index (κ3) is 4.67. The van der Waals surface area contributed by atoms with Crippen LogP contribution in [-0.2, 0) is 23.0 Å². The first-order valence-corrected chi connectivity index (χ1v) is 10.5. The van der Waals surface area contributed by atoms with Gasteiger partial charge in [-0.15, -0.1) is 12.4 Å². The highest BCUT2D eigenvalue weighted by atomic mass is 35.5. The Kier molecular flexibility index (Phi) is 7.54. The van der Waals surface area contributed by atoms with Gasteiger partial charge in [0.1, 0.15) is 11.7 Å². The van der Waals surface area contributed by atoms with Crippen molar-refractivity contribution in [2.45, 2.75) is 24.8 Å². The van der Waals surface area contributed by atoms with E-state index in [1.807, 2.05) is 35.8 Å². The second kappa shape index (κ2) is 9.49. The molecule has 0 spiro atoms. The molecule has 0 aliphatic carbocycles. The van der Waals surface area contributed by atoms with Crippen LogP contribution in [-0.4, -0.2) is 31.6 Å². The van der Waals surface area contributed by atoms with Gasteiger partial charge in [-0.2, -0.15) is 0 Å². The molecule has 1 heterocycles. The summed E-state index contributed by atoms with van der Waals surface area (Å²) in [5.74, 6) is 0.436. The van der Waals surface area contributed by atoms with E-state index in [4.69, 9.17) is 10.7 Å². The first kappa shape index (κ1) is 23.0. The summed E-state index contributed by atoms with van der Waals surface area (Å²) < 4.78 is 42.6. The molecule has 0 aliphatic heterocycles. The summed E-state index contributed by atoms with van der Waals surface area (Å²) in [4.78, 5) is 4.88. The molecular formula is C20H24ClFN4O2S. The van der Waals surface area contributed by atoms with Crippen LogP contribution in [0.1, 0.15) is 12.7 Å². The van der Waals surface area contributed by atoms with Gasteiger partial charge >= 0.3 is 0 Å². The molecule has 156 valence electrons. The van der Waals surface area contributed by atoms with Crippen molar-refractivity contribution in [3.8, 4) is 11.1 Å². The Hall–Kier alpha value is -2.26. The summed E-state index contributed by atoms with van der Waals surface area (Å²) in [6.07, 6.45) is 1.99. The number of sulfonamides is 1. The van der Waals surface area contributed by atoms with Crippen molar-refractivity contribution in [2.24, 2.45) is 5.73 Å². The lowest BCUT2D eigenvalue weighted by atomic mass is 10.0. The van der Waals surface area contributed by atoms with Crippen LogP contribution >= 0.6 is 12.4 Å². The molecule has 0 saturated carbocycles. The monoisotopic (exact) mass is 438 g/mol. The SMILES string of the molecule is CCc1nc2c(-c3cccc(S(=O)(=O)NC)c3)cccc2n1C/C(F)=C/CN.Cl. The van der Waals surface area contributed by atoms with E-state index in [0.717, 1.165) is 22.5 Å². The number of hydrogen-bond donors (Lipinski definition) is 2. The van der Waals surface area contributed by atoms with Crippen LogP contribution in [0.3, 0.4) is 0 Å². The van der Waals surface area contributed by atoms with E-state index in [2.05, 4.69) is 4.72 Å². The fourth-order valence-electron chi connectivity index (χ4n) is 3.17. The maximum Gasteiger partial charge on any atom is 0.240 e. The second-order valence-corrected chi connectivity index (χ2v) is 8.15. The number of hydrogen-bond acceptors (Lipinski definition) is 4. The molecule has 29 heavy (non-hydrogen) atoms. The Morgan fingerprint density at radius 3 is 2.66 bits per heavy atom. The van der Waals surface area contributed by atoms with E-state index >= 15 is 0 Å². The van der Waals surface area contributed by atoms with Crippen LogP contribution < -0.4 is 10.5 Å². The van der Waals surface area contributed by atoms with Crippen LogP contribution in [0.2, 0.25) is 0 Å². The number of nitrogens with zero attached hydrogens (tertiary/aromatic N) is 2. The number of aromatic nitrogens is 2. The normalized spacial score (nSPS) is 12.2. The average Bonchev–Trinajstić information content (AvgIpc) is 3.06. The number of rotatable bonds is 7. The fourth-order valence-corrected chi connectivity index (χ4v) is 3.94. The minimum Gasteiger partial charge on any atom is -0.327 e. The third-order valence-electron chi connectivity index (χ3n) is 4.55. The van der Waals surface area contributed by atoms with Gasteiger partial charge in [0.2, 0.25) is 10.0 Å². The molecule has 0 radical (unpaired) electrons. The molecule has 0 aliphatic rings. The zero-order chi connectivity index (χ0) is 20.3. The van der Waals surface area contributed by atoms with Gasteiger partial charge in [0.25, 0.3) is 0 Å². The minimum absolute atomic E-state index is 0. The van der Waals surface area contributed by atoms with Gasteiger partial charge in [0, 0.05) is 18.5 Å². The number of aryl methyl sites for hydroxylation is 1. The highest BCUT2D eigenvalue weighted by Gasteiger charge is 2.17. The van der Waals surface area contributed by atoms with Crippen molar-refractivity contribution in [1.29, 1.82) is 0 Å². The van der Waals surface area contributed by atoms with Gasteiger partial charge in [-0.25, -0.2) is 22.5 Å². The smallest absolute Gasteiger partial charge is 0.240 e. The number of nitrogens with two attached hydrogens (primary N) is 1. The van der Waals surface area contributed by atoms with Crippen molar-refractivity contribution >= 4 is 33.5 Å². The number of halogens is 2. The predicted octanol–water partition coefficient (Wildman–Crippen LogP) is 3.41. The highest BCUT2D eigenvalue weighted by molar-refractivity contribution is 7.89. The van der Waals surface area contributed by atoms with Crippen molar-refractivity contribution in [2.75, 3.05) is 13.6 Å². The summed E-state index contributed by atoms with van der Waals surface area (Å²) in [5, 5.41) is 0. The van der Waals surface area contributed by atoms with Crippen molar-refractivity contribution in [3.63, 3.8) is 0 Å². The summed E-state index contributed by atoms with van der Waals surface area (Å²) in [5.41, 5.74) is 8.43. The summed E-state index contributed by atoms with van der Waals surface area (Å²) >= 11 is 0. The first-order valence-electron chi connectivity index (χ1n) is 8.98. The van der Waals surface area contributed by atoms with E-state index in [-0.39, 0.29) is 36.2 Å². The summed E-state index contributed by atoms with van der Waals surface area (Å²) in [7, 11) is -2.18. The molecule has 3 rings (SSSR count). The molecule has 0 fully saturated rings. The third-order valence-corrected chi connectivity index (χ3v) is 5.96. The molecule has 3 N–H and O–H groups in total. The number of para-hydroxylation sites is 1. The van der Waals surface area contributed by atoms with Crippen LogP contribution in [0, 0.1) is 0 Å². The number of nitrogens with one attached hydrogen (secondary N) is 1. The lowest BCUT2D eigenvalue weighted by Gasteiger charge is -2.08. The van der Waals surface area contributed by atoms with Gasteiger partial charge < -0.3 is 10.3 Å². The van der Waals surface area contributed by atoms with Gasteiger partial charge in [0.05, 0.1) is 22.5 Å². The molecule has 1 aromatic heterocycles. The zero-order valence-electron chi connectivity index (χ0n) is 16.2. The minimum atomic E-state index is -3.56. The number of allylic oxidation sites excluding steroid dienone is 1. The molecule has 0 unspecified atom stereocenters. The molecule has 0 bridgehead atoms. The molecule has 0 atom stereocenters. The largest absolute Gasteiger partial charge is 0.327 e. The van der Waals surface area contributed by atoms with Crippen LogP contribution in [0.25, 0.3) is 22.2 Å². The van der Waals surface area contributed by atoms with Gasteiger partial charge in [-0.3, -0.25) is 0 Å². The molecule has 3 aromatic rings. The molecule has 9 heteroatoms. The highest BCUT2D eigenvalue weighted by Crippen LogP contribution is 2.31. The van der Waals surface area contributed by atoms with Crippen molar-refractivity contribution in [3.05, 3.63) is 60.2 Å². The lowest BCUT2D eigenvalue weighted by molar-refractivity contribution is 0.549. The zero-order valence-corrected chi connectivity index (χ0v) is 17.9. The van der Waals surface area contributed by atoms with E-state index < -0.39 is 10.0 Å². The molecule has 0 saturated heterocycles. The van der Waals surface area contributed by atoms with Crippen molar-refractivity contribution < 1.29 is 12.8 Å². The Balaban J connectivity index is 0.00000300. The van der Waals surface area contributed by atoms with Crippen LogP contribution in [0.5, 0.6) is 0 Å². The fraction of sp³-hybridized carbons (Fsp3) is 0.250. The standard InChI is InChI=1S/C20H23FN4O2S.ClH/c1-3-19-24-20-17(14-6-4-7-16(12-14)28(26,27)23-2)8-5-9-18(20)25(19)13-15(21)10-11-22;/h4-10,12,23H,3,11,13,22H2,1-2H3;1H/b15-10-;. The van der Waals surface area contributed by atoms with Crippen LogP contribution in [0.15, 0.2) is 59.3 Å². The maximum absolute atomic E-state index is 14.1. The lowest BCUT2D eigenvalue weighted by Crippen LogP contribution is -2.18. The molecule has 0 amide bonds. The van der Waals surface area contributed by atoms with Gasteiger partial charge in [0.15, 0.2) is 0 Å². The topological polar surface area (TPSA) is 90.0 Å². The second-order valence-electron chi connectivity index (χ2n) is 6.26. The molecule has 2 aromatic carbocycles. The summed E-state index contributed by atoms with van der Waals surface area (Å²) in [6, 6.07) is 12.3. The average molecular weight is 439 g/mol. The van der Waals surface area contributed by atoms with Gasteiger partial charge in [-0.05, 0) is 36.9 Å².